The number of carbonyl (C=O) groups excluding carboxylic acids is 2. The number of hydrogen-bond donors (Lipinski definition) is 1. The fraction of sp³-hybridized carbons (Fsp3) is 0.0385. The Hall–Kier alpha value is -4.65. The quantitative estimate of drug-likeness (QED) is 0.183. The van der Waals surface area contributed by atoms with Crippen LogP contribution < -0.4 is 14.9 Å². The second-order valence-corrected chi connectivity index (χ2v) is 6.93. The Labute approximate surface area is 190 Å². The van der Waals surface area contributed by atoms with Crippen LogP contribution in [0.4, 0.5) is 0 Å². The Morgan fingerprint density at radius 1 is 0.848 bits per heavy atom. The Morgan fingerprint density at radius 2 is 1.61 bits per heavy atom. The molecule has 3 aromatic carbocycles. The number of esters is 1. The summed E-state index contributed by atoms with van der Waals surface area (Å²) in [5.41, 5.74) is 4.65. The standard InChI is InChI=1S/C26H20N2O5/c29-25(21-12-8-20(9-13-21)18-32-22-5-2-1-3-6-22)28-27-17-19-10-14-23(15-11-19)33-26(30)24-7-4-16-31-24/h1-17H,18H2,(H,28,29)/b27-17-. The van der Waals surface area contributed by atoms with E-state index in [1.807, 2.05) is 42.5 Å². The molecule has 0 aliphatic carbocycles. The van der Waals surface area contributed by atoms with Crippen molar-refractivity contribution in [1.82, 2.24) is 5.43 Å². The van der Waals surface area contributed by atoms with Gasteiger partial charge in [-0.25, -0.2) is 10.2 Å². The van der Waals surface area contributed by atoms with Crippen LogP contribution in [0.2, 0.25) is 0 Å². The number of nitrogens with one attached hydrogen (secondary N) is 1. The number of nitrogens with zero attached hydrogens (tertiary/aromatic N) is 1. The molecule has 0 spiro atoms. The maximum absolute atomic E-state index is 12.3. The number of hydrazone groups is 1. The fourth-order valence-electron chi connectivity index (χ4n) is 2.84. The molecule has 33 heavy (non-hydrogen) atoms. The van der Waals surface area contributed by atoms with Gasteiger partial charge in [-0.2, -0.15) is 5.10 Å². The van der Waals surface area contributed by atoms with E-state index in [4.69, 9.17) is 13.9 Å². The molecule has 0 fully saturated rings. The van der Waals surface area contributed by atoms with E-state index >= 15 is 0 Å². The van der Waals surface area contributed by atoms with Gasteiger partial charge in [-0.3, -0.25) is 4.79 Å². The van der Waals surface area contributed by atoms with Crippen LogP contribution in [0.25, 0.3) is 0 Å². The van der Waals surface area contributed by atoms with E-state index in [0.29, 0.717) is 17.9 Å². The Balaban J connectivity index is 1.25. The van der Waals surface area contributed by atoms with Gasteiger partial charge in [0.1, 0.15) is 18.1 Å². The van der Waals surface area contributed by atoms with Crippen molar-refractivity contribution < 1.29 is 23.5 Å². The topological polar surface area (TPSA) is 90.1 Å². The highest BCUT2D eigenvalue weighted by atomic mass is 16.5. The zero-order chi connectivity index (χ0) is 22.9. The Kier molecular flexibility index (Phi) is 6.92. The van der Waals surface area contributed by atoms with Gasteiger partial charge in [0.25, 0.3) is 5.91 Å². The molecule has 0 saturated carbocycles. The molecule has 0 bridgehead atoms. The minimum atomic E-state index is -0.577. The molecule has 0 unspecified atom stereocenters. The molecule has 1 N–H and O–H groups in total. The second-order valence-electron chi connectivity index (χ2n) is 6.93. The number of hydrogen-bond acceptors (Lipinski definition) is 6. The van der Waals surface area contributed by atoms with Crippen molar-refractivity contribution in [3.8, 4) is 11.5 Å². The van der Waals surface area contributed by atoms with E-state index in [1.54, 1.807) is 42.5 Å². The maximum atomic E-state index is 12.3. The van der Waals surface area contributed by atoms with E-state index in [-0.39, 0.29) is 11.7 Å². The van der Waals surface area contributed by atoms with E-state index in [2.05, 4.69) is 10.5 Å². The second kappa shape index (κ2) is 10.6. The first-order valence-corrected chi connectivity index (χ1v) is 10.1. The Bertz CT molecular complexity index is 1220. The summed E-state index contributed by atoms with van der Waals surface area (Å²) in [6.07, 6.45) is 2.90. The molecular formula is C26H20N2O5. The van der Waals surface area contributed by atoms with Gasteiger partial charge in [0, 0.05) is 5.56 Å². The number of furan rings is 1. The third-order valence-corrected chi connectivity index (χ3v) is 4.56. The van der Waals surface area contributed by atoms with Crippen LogP contribution in [-0.4, -0.2) is 18.1 Å². The van der Waals surface area contributed by atoms with Gasteiger partial charge in [-0.15, -0.1) is 0 Å². The summed E-state index contributed by atoms with van der Waals surface area (Å²) in [5.74, 6) is 0.378. The van der Waals surface area contributed by atoms with Crippen LogP contribution in [0, 0.1) is 0 Å². The minimum absolute atomic E-state index is 0.125. The lowest BCUT2D eigenvalue weighted by Crippen LogP contribution is -2.17. The fourth-order valence-corrected chi connectivity index (χ4v) is 2.84. The molecule has 7 nitrogen and oxygen atoms in total. The summed E-state index contributed by atoms with van der Waals surface area (Å²) < 4.78 is 15.9. The zero-order valence-electron chi connectivity index (χ0n) is 17.5. The maximum Gasteiger partial charge on any atom is 0.379 e. The molecule has 0 radical (unpaired) electrons. The SMILES string of the molecule is O=C(N/N=C\c1ccc(OC(=O)c2ccco2)cc1)c1ccc(COc2ccccc2)cc1. The average Bonchev–Trinajstić information content (AvgIpc) is 3.40. The molecule has 1 amide bonds. The molecule has 1 aromatic heterocycles. The first kappa shape index (κ1) is 21.6. The number of carbonyl (C=O) groups is 2. The van der Waals surface area contributed by atoms with Gasteiger partial charge >= 0.3 is 5.97 Å². The number of rotatable bonds is 8. The lowest BCUT2D eigenvalue weighted by Gasteiger charge is -2.06. The van der Waals surface area contributed by atoms with Crippen molar-refractivity contribution >= 4 is 18.1 Å². The largest absolute Gasteiger partial charge is 0.489 e. The first-order chi connectivity index (χ1) is 16.2. The normalized spacial score (nSPS) is 10.7. The van der Waals surface area contributed by atoms with Crippen LogP contribution >= 0.6 is 0 Å². The van der Waals surface area contributed by atoms with Crippen molar-refractivity contribution in [3.05, 3.63) is 120 Å². The van der Waals surface area contributed by atoms with Crippen LogP contribution in [0.1, 0.15) is 32.0 Å². The van der Waals surface area contributed by atoms with Crippen LogP contribution in [0.15, 0.2) is 107 Å². The number of amides is 1. The monoisotopic (exact) mass is 440 g/mol. The van der Waals surface area contributed by atoms with E-state index in [0.717, 1.165) is 16.9 Å². The third-order valence-electron chi connectivity index (χ3n) is 4.56. The predicted octanol–water partition coefficient (Wildman–Crippen LogP) is 4.84. The average molecular weight is 440 g/mol. The Morgan fingerprint density at radius 3 is 2.30 bits per heavy atom. The summed E-state index contributed by atoms with van der Waals surface area (Å²) >= 11 is 0. The van der Waals surface area contributed by atoms with Gasteiger partial charge in [0.05, 0.1) is 12.5 Å². The van der Waals surface area contributed by atoms with Crippen molar-refractivity contribution in [2.45, 2.75) is 6.61 Å². The number of ether oxygens (including phenoxy) is 2. The molecule has 4 rings (SSSR count). The van der Waals surface area contributed by atoms with Crippen molar-refractivity contribution in [1.29, 1.82) is 0 Å². The number of benzene rings is 3. The zero-order valence-corrected chi connectivity index (χ0v) is 17.5. The van der Waals surface area contributed by atoms with E-state index in [1.165, 1.54) is 18.5 Å². The highest BCUT2D eigenvalue weighted by molar-refractivity contribution is 5.95. The van der Waals surface area contributed by atoms with Crippen LogP contribution in [-0.2, 0) is 6.61 Å². The van der Waals surface area contributed by atoms with Gasteiger partial charge in [0.15, 0.2) is 0 Å². The highest BCUT2D eigenvalue weighted by Crippen LogP contribution is 2.14. The highest BCUT2D eigenvalue weighted by Gasteiger charge is 2.11. The van der Waals surface area contributed by atoms with E-state index in [9.17, 15) is 9.59 Å². The summed E-state index contributed by atoms with van der Waals surface area (Å²) in [6.45, 7) is 0.414. The van der Waals surface area contributed by atoms with Gasteiger partial charge in [-0.1, -0.05) is 30.3 Å². The van der Waals surface area contributed by atoms with Gasteiger partial charge in [-0.05, 0) is 71.8 Å². The number of para-hydroxylation sites is 1. The van der Waals surface area contributed by atoms with Crippen molar-refractivity contribution in [2.24, 2.45) is 5.10 Å². The molecule has 0 aliphatic rings. The molecule has 164 valence electrons. The van der Waals surface area contributed by atoms with Gasteiger partial charge < -0.3 is 13.9 Å². The molecule has 0 aliphatic heterocycles. The smallest absolute Gasteiger partial charge is 0.379 e. The summed E-state index contributed by atoms with van der Waals surface area (Å²) in [7, 11) is 0. The van der Waals surface area contributed by atoms with E-state index < -0.39 is 5.97 Å². The predicted molar refractivity (Wildman–Crippen MR) is 122 cm³/mol. The molecular weight excluding hydrogens is 420 g/mol. The third kappa shape index (κ3) is 6.18. The van der Waals surface area contributed by atoms with Crippen LogP contribution in [0.3, 0.4) is 0 Å². The molecule has 0 saturated heterocycles. The molecule has 0 atom stereocenters. The molecule has 1 heterocycles. The van der Waals surface area contributed by atoms with Crippen molar-refractivity contribution in [3.63, 3.8) is 0 Å². The molecule has 4 aromatic rings. The minimum Gasteiger partial charge on any atom is -0.489 e. The summed E-state index contributed by atoms with van der Waals surface area (Å²) in [6, 6.07) is 26.5. The van der Waals surface area contributed by atoms with Crippen molar-refractivity contribution in [2.75, 3.05) is 0 Å². The summed E-state index contributed by atoms with van der Waals surface area (Å²) in [4.78, 5) is 24.2. The first-order valence-electron chi connectivity index (χ1n) is 10.1. The molecule has 7 heteroatoms. The van der Waals surface area contributed by atoms with Crippen LogP contribution in [0.5, 0.6) is 11.5 Å². The lowest BCUT2D eigenvalue weighted by molar-refractivity contribution is 0.0701. The summed E-state index contributed by atoms with van der Waals surface area (Å²) in [5, 5.41) is 3.98. The van der Waals surface area contributed by atoms with Gasteiger partial charge in [0.2, 0.25) is 5.76 Å². The lowest BCUT2D eigenvalue weighted by atomic mass is 10.1.